The molecule has 2 N–H and O–H groups in total. The minimum Gasteiger partial charge on any atom is -0.323 e. The number of carbonyl (C=O) groups is 1. The zero-order valence-electron chi connectivity index (χ0n) is 11.4. The number of amides is 1. The van der Waals surface area contributed by atoms with Gasteiger partial charge in [0.25, 0.3) is 0 Å². The summed E-state index contributed by atoms with van der Waals surface area (Å²) in [5, 5.41) is 5.24. The lowest BCUT2D eigenvalue weighted by Gasteiger charge is -2.29. The van der Waals surface area contributed by atoms with Crippen molar-refractivity contribution in [1.82, 2.24) is 5.32 Å². The lowest BCUT2D eigenvalue weighted by atomic mass is 9.92. The molecule has 116 valence electrons. The van der Waals surface area contributed by atoms with Gasteiger partial charge in [-0.1, -0.05) is 24.6 Å². The van der Waals surface area contributed by atoms with Crippen molar-refractivity contribution in [2.75, 3.05) is 11.9 Å². The van der Waals surface area contributed by atoms with Gasteiger partial charge >= 0.3 is 6.18 Å². The topological polar surface area (TPSA) is 41.1 Å². The molecule has 1 amide bonds. The van der Waals surface area contributed by atoms with Gasteiger partial charge < -0.3 is 10.6 Å². The summed E-state index contributed by atoms with van der Waals surface area (Å²) in [6.07, 6.45) is -2.76. The predicted molar refractivity (Wildman–Crippen MR) is 75.3 cm³/mol. The summed E-state index contributed by atoms with van der Waals surface area (Å²) < 4.78 is 38.9. The van der Waals surface area contributed by atoms with Crippen LogP contribution in [0.3, 0.4) is 0 Å². The third kappa shape index (κ3) is 3.68. The maximum Gasteiger partial charge on any atom is 0.418 e. The highest BCUT2D eigenvalue weighted by Gasteiger charge is 2.36. The van der Waals surface area contributed by atoms with Crippen LogP contribution in [-0.2, 0) is 11.0 Å². The first kappa shape index (κ1) is 16.1. The summed E-state index contributed by atoms with van der Waals surface area (Å²) in [4.78, 5) is 12.2. The second kappa shape index (κ2) is 6.23. The number of hydrogen-bond donors (Lipinski definition) is 2. The van der Waals surface area contributed by atoms with Crippen LogP contribution in [-0.4, -0.2) is 18.5 Å². The fourth-order valence-electron chi connectivity index (χ4n) is 2.49. The van der Waals surface area contributed by atoms with E-state index in [0.29, 0.717) is 6.54 Å². The van der Waals surface area contributed by atoms with Gasteiger partial charge in [0, 0.05) is 0 Å². The van der Waals surface area contributed by atoms with Crippen molar-refractivity contribution in [1.29, 1.82) is 0 Å². The number of piperidine rings is 1. The van der Waals surface area contributed by atoms with Gasteiger partial charge in [0.15, 0.2) is 0 Å². The summed E-state index contributed by atoms with van der Waals surface area (Å²) in [7, 11) is 0. The second-order valence-corrected chi connectivity index (χ2v) is 5.61. The van der Waals surface area contributed by atoms with E-state index in [1.807, 2.05) is 6.92 Å². The molecule has 7 heteroatoms. The molecular weight excluding hydrogens is 305 g/mol. The minimum atomic E-state index is -4.57. The van der Waals surface area contributed by atoms with Gasteiger partial charge in [-0.2, -0.15) is 13.2 Å². The van der Waals surface area contributed by atoms with Crippen molar-refractivity contribution in [3.63, 3.8) is 0 Å². The lowest BCUT2D eigenvalue weighted by molar-refractivity contribution is -0.137. The van der Waals surface area contributed by atoms with Gasteiger partial charge in [-0.3, -0.25) is 4.79 Å². The van der Waals surface area contributed by atoms with E-state index in [4.69, 9.17) is 11.6 Å². The monoisotopic (exact) mass is 320 g/mol. The molecule has 1 saturated heterocycles. The van der Waals surface area contributed by atoms with Crippen LogP contribution in [0.15, 0.2) is 18.2 Å². The van der Waals surface area contributed by atoms with E-state index in [2.05, 4.69) is 10.6 Å². The van der Waals surface area contributed by atoms with Gasteiger partial charge in [0.05, 0.1) is 22.3 Å². The molecule has 1 aliphatic rings. The highest BCUT2D eigenvalue weighted by atomic mass is 35.5. The van der Waals surface area contributed by atoms with Gasteiger partial charge in [0.1, 0.15) is 0 Å². The van der Waals surface area contributed by atoms with E-state index in [9.17, 15) is 18.0 Å². The molecular formula is C14H16ClF3N2O. The molecule has 1 heterocycles. The molecule has 0 aliphatic carbocycles. The van der Waals surface area contributed by atoms with Gasteiger partial charge in [-0.15, -0.1) is 0 Å². The van der Waals surface area contributed by atoms with Crippen LogP contribution in [0.2, 0.25) is 5.02 Å². The number of nitrogens with one attached hydrogen (secondary N) is 2. The highest BCUT2D eigenvalue weighted by molar-refractivity contribution is 6.34. The fraction of sp³-hybridized carbons (Fsp3) is 0.500. The molecule has 0 saturated carbocycles. The Kier molecular flexibility index (Phi) is 4.78. The molecule has 0 aromatic heterocycles. The molecule has 2 unspecified atom stereocenters. The predicted octanol–water partition coefficient (Wildman–Crippen LogP) is 3.69. The van der Waals surface area contributed by atoms with Crippen LogP contribution in [0.25, 0.3) is 0 Å². The molecule has 0 spiro atoms. The molecule has 1 fully saturated rings. The van der Waals surface area contributed by atoms with Crippen molar-refractivity contribution >= 4 is 23.2 Å². The van der Waals surface area contributed by atoms with E-state index in [0.717, 1.165) is 18.9 Å². The number of carbonyl (C=O) groups excluding carboxylic acids is 1. The molecule has 0 bridgehead atoms. The molecule has 2 rings (SSSR count). The Morgan fingerprint density at radius 2 is 2.14 bits per heavy atom. The number of para-hydroxylation sites is 1. The van der Waals surface area contributed by atoms with Crippen molar-refractivity contribution in [2.45, 2.75) is 32.0 Å². The van der Waals surface area contributed by atoms with Crippen molar-refractivity contribution in [3.8, 4) is 0 Å². The second-order valence-electron chi connectivity index (χ2n) is 5.20. The molecule has 0 radical (unpaired) electrons. The summed E-state index contributed by atoms with van der Waals surface area (Å²) in [6, 6.07) is 2.93. The summed E-state index contributed by atoms with van der Waals surface area (Å²) in [6.45, 7) is 2.57. The Bertz CT molecular complexity index is 533. The first-order chi connectivity index (χ1) is 9.80. The van der Waals surface area contributed by atoms with Crippen LogP contribution in [0.4, 0.5) is 18.9 Å². The Labute approximate surface area is 125 Å². The Morgan fingerprint density at radius 3 is 2.76 bits per heavy atom. The van der Waals surface area contributed by atoms with Crippen molar-refractivity contribution in [3.05, 3.63) is 28.8 Å². The summed E-state index contributed by atoms with van der Waals surface area (Å²) in [5.41, 5.74) is -1.32. The molecule has 21 heavy (non-hydrogen) atoms. The van der Waals surface area contributed by atoms with Crippen LogP contribution in [0.1, 0.15) is 25.3 Å². The Morgan fingerprint density at radius 1 is 1.43 bits per heavy atom. The molecule has 1 aromatic carbocycles. The summed E-state index contributed by atoms with van der Waals surface area (Å²) >= 11 is 5.82. The summed E-state index contributed by atoms with van der Waals surface area (Å²) in [5.74, 6) is -0.420. The minimum absolute atomic E-state index is 0.0653. The van der Waals surface area contributed by atoms with Crippen LogP contribution >= 0.6 is 11.6 Å². The number of benzene rings is 1. The smallest absolute Gasteiger partial charge is 0.323 e. The average molecular weight is 321 g/mol. The van der Waals surface area contributed by atoms with Crippen LogP contribution in [0.5, 0.6) is 0 Å². The zero-order valence-corrected chi connectivity index (χ0v) is 12.2. The number of rotatable bonds is 2. The molecule has 1 aliphatic heterocycles. The lowest BCUT2D eigenvalue weighted by Crippen LogP contribution is -2.48. The van der Waals surface area contributed by atoms with Gasteiger partial charge in [-0.25, -0.2) is 0 Å². The van der Waals surface area contributed by atoms with Crippen molar-refractivity contribution < 1.29 is 18.0 Å². The third-order valence-corrected chi connectivity index (χ3v) is 3.93. The highest BCUT2D eigenvalue weighted by Crippen LogP contribution is 2.38. The SMILES string of the molecule is CC1CCCNC1C(=O)Nc1c(Cl)cccc1C(F)(F)F. The average Bonchev–Trinajstić information content (AvgIpc) is 2.40. The first-order valence-corrected chi connectivity index (χ1v) is 7.08. The standard InChI is InChI=1S/C14H16ClF3N2O/c1-8-4-3-7-19-11(8)13(21)20-12-9(14(16,17)18)5-2-6-10(12)15/h2,5-6,8,11,19H,3-4,7H2,1H3,(H,20,21). The molecule has 1 aromatic rings. The van der Waals surface area contributed by atoms with E-state index in [1.165, 1.54) is 12.1 Å². The number of halogens is 4. The van der Waals surface area contributed by atoms with Gasteiger partial charge in [0.2, 0.25) is 5.91 Å². The number of hydrogen-bond acceptors (Lipinski definition) is 2. The van der Waals surface area contributed by atoms with E-state index < -0.39 is 23.7 Å². The van der Waals surface area contributed by atoms with E-state index in [-0.39, 0.29) is 16.6 Å². The van der Waals surface area contributed by atoms with E-state index in [1.54, 1.807) is 0 Å². The van der Waals surface area contributed by atoms with Gasteiger partial charge in [-0.05, 0) is 37.4 Å². The first-order valence-electron chi connectivity index (χ1n) is 6.70. The third-order valence-electron chi connectivity index (χ3n) is 3.62. The fourth-order valence-corrected chi connectivity index (χ4v) is 2.71. The largest absolute Gasteiger partial charge is 0.418 e. The number of anilines is 1. The number of alkyl halides is 3. The Hall–Kier alpha value is -1.27. The van der Waals surface area contributed by atoms with E-state index >= 15 is 0 Å². The molecule has 3 nitrogen and oxygen atoms in total. The van der Waals surface area contributed by atoms with Crippen LogP contribution in [0, 0.1) is 5.92 Å². The quantitative estimate of drug-likeness (QED) is 0.872. The zero-order chi connectivity index (χ0) is 15.6. The maximum absolute atomic E-state index is 13.0. The normalized spacial score (nSPS) is 22.9. The Balaban J connectivity index is 2.25. The molecule has 2 atom stereocenters. The van der Waals surface area contributed by atoms with Crippen molar-refractivity contribution in [2.24, 2.45) is 5.92 Å². The van der Waals surface area contributed by atoms with Crippen LogP contribution < -0.4 is 10.6 Å². The maximum atomic E-state index is 13.0.